The Balaban J connectivity index is 1.88. The molecule has 1 aliphatic rings. The van der Waals surface area contributed by atoms with E-state index in [1.807, 2.05) is 13.8 Å². The second kappa shape index (κ2) is 8.99. The number of hydrogen-bond donors (Lipinski definition) is 3. The number of rotatable bonds is 7. The molecule has 1 aliphatic carbocycles. The standard InChI is InChI=1S/C18H30N4O3/c1-4-12-9-13(20-17(23)8-11(3)19)6-7-15(12)21-18(24)16-10-14(5-2)25-22-16/h10-13,15H,4-9,19H2,1-3H3,(H,20,23)(H,21,24)/t11-,12+,13-,15-/m1/s1. The largest absolute Gasteiger partial charge is 0.361 e. The number of aromatic nitrogens is 1. The van der Waals surface area contributed by atoms with Gasteiger partial charge in [0.2, 0.25) is 5.91 Å². The lowest BCUT2D eigenvalue weighted by atomic mass is 9.80. The molecule has 0 spiro atoms. The molecule has 1 heterocycles. The van der Waals surface area contributed by atoms with Crippen molar-refractivity contribution in [1.29, 1.82) is 0 Å². The Morgan fingerprint density at radius 1 is 1.36 bits per heavy atom. The minimum absolute atomic E-state index is 0.00651. The van der Waals surface area contributed by atoms with E-state index in [4.69, 9.17) is 10.3 Å². The summed E-state index contributed by atoms with van der Waals surface area (Å²) in [4.78, 5) is 24.3. The van der Waals surface area contributed by atoms with Crippen LogP contribution in [0.3, 0.4) is 0 Å². The van der Waals surface area contributed by atoms with Gasteiger partial charge in [0.25, 0.3) is 5.91 Å². The molecule has 0 radical (unpaired) electrons. The Kier molecular flexibility index (Phi) is 6.99. The van der Waals surface area contributed by atoms with Crippen LogP contribution in [0.2, 0.25) is 0 Å². The number of carbonyl (C=O) groups excluding carboxylic acids is 2. The van der Waals surface area contributed by atoms with E-state index in [1.54, 1.807) is 6.07 Å². The van der Waals surface area contributed by atoms with Crippen LogP contribution in [0.4, 0.5) is 0 Å². The van der Waals surface area contributed by atoms with Gasteiger partial charge in [-0.15, -0.1) is 0 Å². The molecule has 25 heavy (non-hydrogen) atoms. The molecular formula is C18H30N4O3. The molecule has 0 aromatic carbocycles. The smallest absolute Gasteiger partial charge is 0.273 e. The lowest BCUT2D eigenvalue weighted by molar-refractivity contribution is -0.122. The molecule has 4 atom stereocenters. The summed E-state index contributed by atoms with van der Waals surface area (Å²) >= 11 is 0. The number of nitrogens with two attached hydrogens (primary N) is 1. The van der Waals surface area contributed by atoms with Crippen LogP contribution >= 0.6 is 0 Å². The zero-order valence-electron chi connectivity index (χ0n) is 15.4. The highest BCUT2D eigenvalue weighted by atomic mass is 16.5. The molecule has 1 fully saturated rings. The Morgan fingerprint density at radius 2 is 2.12 bits per heavy atom. The molecule has 1 aromatic rings. The van der Waals surface area contributed by atoms with E-state index >= 15 is 0 Å². The molecule has 7 nitrogen and oxygen atoms in total. The molecule has 0 unspecified atom stereocenters. The van der Waals surface area contributed by atoms with Gasteiger partial charge in [-0.25, -0.2) is 0 Å². The fourth-order valence-corrected chi connectivity index (χ4v) is 3.44. The molecule has 0 bridgehead atoms. The third kappa shape index (κ3) is 5.56. The number of aryl methyl sites for hydroxylation is 1. The topological polar surface area (TPSA) is 110 Å². The van der Waals surface area contributed by atoms with Gasteiger partial charge in [-0.3, -0.25) is 9.59 Å². The summed E-state index contributed by atoms with van der Waals surface area (Å²) in [6, 6.07) is 1.81. The predicted octanol–water partition coefficient (Wildman–Crippen LogP) is 1.77. The number of nitrogens with one attached hydrogen (secondary N) is 2. The maximum atomic E-state index is 12.4. The molecule has 4 N–H and O–H groups in total. The van der Waals surface area contributed by atoms with Crippen LogP contribution in [0.25, 0.3) is 0 Å². The monoisotopic (exact) mass is 350 g/mol. The minimum Gasteiger partial charge on any atom is -0.361 e. The Hall–Kier alpha value is -1.89. The summed E-state index contributed by atoms with van der Waals surface area (Å²) in [5.41, 5.74) is 6.01. The second-order valence-electron chi connectivity index (χ2n) is 7.04. The summed E-state index contributed by atoms with van der Waals surface area (Å²) in [7, 11) is 0. The van der Waals surface area contributed by atoms with Crippen molar-refractivity contribution < 1.29 is 14.1 Å². The van der Waals surface area contributed by atoms with Gasteiger partial charge in [0, 0.05) is 37.0 Å². The van der Waals surface area contributed by atoms with Gasteiger partial charge in [-0.2, -0.15) is 0 Å². The number of hydrogen-bond acceptors (Lipinski definition) is 5. The van der Waals surface area contributed by atoms with Crippen molar-refractivity contribution in [2.24, 2.45) is 11.7 Å². The van der Waals surface area contributed by atoms with Crippen molar-refractivity contribution in [2.75, 3.05) is 0 Å². The van der Waals surface area contributed by atoms with Crippen molar-refractivity contribution in [1.82, 2.24) is 15.8 Å². The normalized spacial score (nSPS) is 24.6. The molecule has 1 aromatic heterocycles. The van der Waals surface area contributed by atoms with Crippen LogP contribution in [0.5, 0.6) is 0 Å². The van der Waals surface area contributed by atoms with Gasteiger partial charge in [-0.1, -0.05) is 25.4 Å². The maximum Gasteiger partial charge on any atom is 0.273 e. The van der Waals surface area contributed by atoms with E-state index < -0.39 is 0 Å². The number of carbonyl (C=O) groups is 2. The number of nitrogens with zero attached hydrogens (tertiary/aromatic N) is 1. The van der Waals surface area contributed by atoms with Crippen LogP contribution in [-0.2, 0) is 11.2 Å². The Labute approximate surface area is 149 Å². The van der Waals surface area contributed by atoms with Crippen molar-refractivity contribution >= 4 is 11.8 Å². The Morgan fingerprint density at radius 3 is 2.72 bits per heavy atom. The van der Waals surface area contributed by atoms with Crippen LogP contribution in [0.1, 0.15) is 69.1 Å². The number of amides is 2. The quantitative estimate of drug-likeness (QED) is 0.694. The molecule has 0 aliphatic heterocycles. The molecule has 7 heteroatoms. The first-order valence-corrected chi connectivity index (χ1v) is 9.24. The van der Waals surface area contributed by atoms with E-state index in [0.29, 0.717) is 30.2 Å². The van der Waals surface area contributed by atoms with Crippen molar-refractivity contribution in [3.8, 4) is 0 Å². The van der Waals surface area contributed by atoms with Crippen molar-refractivity contribution in [2.45, 2.75) is 77.4 Å². The van der Waals surface area contributed by atoms with Gasteiger partial charge < -0.3 is 20.9 Å². The zero-order valence-corrected chi connectivity index (χ0v) is 15.4. The van der Waals surface area contributed by atoms with Gasteiger partial charge in [-0.05, 0) is 32.1 Å². The third-order valence-corrected chi connectivity index (χ3v) is 4.84. The van der Waals surface area contributed by atoms with Gasteiger partial charge in [0.1, 0.15) is 5.76 Å². The summed E-state index contributed by atoms with van der Waals surface area (Å²) in [5, 5.41) is 9.99. The van der Waals surface area contributed by atoms with E-state index in [2.05, 4.69) is 22.7 Å². The van der Waals surface area contributed by atoms with Crippen LogP contribution in [0.15, 0.2) is 10.6 Å². The second-order valence-corrected chi connectivity index (χ2v) is 7.04. The summed E-state index contributed by atoms with van der Waals surface area (Å²) in [5.74, 6) is 0.854. The molecule has 1 saturated carbocycles. The average Bonchev–Trinajstić information content (AvgIpc) is 3.04. The fraction of sp³-hybridized carbons (Fsp3) is 0.722. The summed E-state index contributed by atoms with van der Waals surface area (Å²) in [6.45, 7) is 5.90. The lowest BCUT2D eigenvalue weighted by Gasteiger charge is -2.36. The van der Waals surface area contributed by atoms with Gasteiger partial charge in [0.05, 0.1) is 0 Å². The van der Waals surface area contributed by atoms with E-state index in [-0.39, 0.29) is 29.9 Å². The van der Waals surface area contributed by atoms with Crippen LogP contribution in [-0.4, -0.2) is 35.1 Å². The predicted molar refractivity (Wildman–Crippen MR) is 95.0 cm³/mol. The van der Waals surface area contributed by atoms with E-state index in [9.17, 15) is 9.59 Å². The van der Waals surface area contributed by atoms with E-state index in [1.165, 1.54) is 0 Å². The van der Waals surface area contributed by atoms with Crippen LogP contribution < -0.4 is 16.4 Å². The fourth-order valence-electron chi connectivity index (χ4n) is 3.44. The first-order valence-electron chi connectivity index (χ1n) is 9.24. The molecule has 2 rings (SSSR count). The van der Waals surface area contributed by atoms with Gasteiger partial charge >= 0.3 is 0 Å². The Bertz CT molecular complexity index is 585. The highest BCUT2D eigenvalue weighted by Crippen LogP contribution is 2.27. The molecule has 140 valence electrons. The van der Waals surface area contributed by atoms with Crippen molar-refractivity contribution in [3.63, 3.8) is 0 Å². The zero-order chi connectivity index (χ0) is 18.4. The van der Waals surface area contributed by atoms with Crippen LogP contribution in [0, 0.1) is 5.92 Å². The summed E-state index contributed by atoms with van der Waals surface area (Å²) < 4.78 is 5.10. The molecule has 2 amide bonds. The highest BCUT2D eigenvalue weighted by molar-refractivity contribution is 5.92. The first kappa shape index (κ1) is 19.4. The SMILES string of the molecule is CCc1cc(C(=O)N[C@@H]2CC[C@@H](NC(=O)C[C@@H](C)N)C[C@@H]2CC)no1. The highest BCUT2D eigenvalue weighted by Gasteiger charge is 2.31. The molecular weight excluding hydrogens is 320 g/mol. The molecule has 0 saturated heterocycles. The average molecular weight is 350 g/mol. The summed E-state index contributed by atoms with van der Waals surface area (Å²) in [6.07, 6.45) is 4.56. The minimum atomic E-state index is -0.189. The van der Waals surface area contributed by atoms with Gasteiger partial charge in [0.15, 0.2) is 5.69 Å². The lowest BCUT2D eigenvalue weighted by Crippen LogP contribution is -2.49. The first-order chi connectivity index (χ1) is 11.9. The van der Waals surface area contributed by atoms with E-state index in [0.717, 1.165) is 25.7 Å². The third-order valence-electron chi connectivity index (χ3n) is 4.84. The maximum absolute atomic E-state index is 12.4. The van der Waals surface area contributed by atoms with Crippen molar-refractivity contribution in [3.05, 3.63) is 17.5 Å².